The molecule has 0 fully saturated rings. The van der Waals surface area contributed by atoms with Crippen LogP contribution in [0.5, 0.6) is 5.75 Å². The van der Waals surface area contributed by atoms with Gasteiger partial charge in [0.05, 0.1) is 12.8 Å². The third-order valence-electron chi connectivity index (χ3n) is 3.29. The molecule has 0 amide bonds. The second-order valence-corrected chi connectivity index (χ2v) is 8.43. The largest absolute Gasteiger partial charge is 0.496 e. The minimum absolute atomic E-state index is 0.0480. The molecule has 0 aliphatic rings. The van der Waals surface area contributed by atoms with Crippen molar-refractivity contribution in [2.24, 2.45) is 0 Å². The van der Waals surface area contributed by atoms with Crippen LogP contribution in [0.1, 0.15) is 5.69 Å². The van der Waals surface area contributed by atoms with Crippen LogP contribution in [0.15, 0.2) is 48.9 Å². The lowest BCUT2D eigenvalue weighted by Crippen LogP contribution is -2.12. The predicted molar refractivity (Wildman–Crippen MR) is 96.1 cm³/mol. The lowest BCUT2D eigenvalue weighted by molar-refractivity contribution is 0.416. The highest BCUT2D eigenvalue weighted by atomic mass is 79.9. The first-order valence-electron chi connectivity index (χ1n) is 6.79. The van der Waals surface area contributed by atoms with Gasteiger partial charge in [0.15, 0.2) is 0 Å². The van der Waals surface area contributed by atoms with Crippen molar-refractivity contribution in [1.82, 2.24) is 5.16 Å². The molecule has 2 heterocycles. The van der Waals surface area contributed by atoms with E-state index in [4.69, 9.17) is 9.26 Å². The number of hydrogen-bond donors (Lipinski definition) is 1. The highest BCUT2D eigenvalue weighted by molar-refractivity contribution is 9.10. The second kappa shape index (κ2) is 6.58. The summed E-state index contributed by atoms with van der Waals surface area (Å²) in [6.45, 7) is 1.71. The molecule has 0 bridgehead atoms. The molecule has 3 aromatic rings. The summed E-state index contributed by atoms with van der Waals surface area (Å²) in [6.07, 6.45) is 0. The van der Waals surface area contributed by atoms with E-state index >= 15 is 0 Å². The van der Waals surface area contributed by atoms with Gasteiger partial charge in [-0.25, -0.2) is 13.1 Å². The highest BCUT2D eigenvalue weighted by Gasteiger charge is 2.25. The molecule has 0 spiro atoms. The van der Waals surface area contributed by atoms with Crippen molar-refractivity contribution in [2.45, 2.75) is 11.1 Å². The van der Waals surface area contributed by atoms with Crippen molar-refractivity contribution in [3.8, 4) is 16.9 Å². The number of nitrogens with zero attached hydrogens (tertiary/aromatic N) is 1. The number of benzene rings is 1. The van der Waals surface area contributed by atoms with Gasteiger partial charge in [0.1, 0.15) is 14.4 Å². The van der Waals surface area contributed by atoms with Gasteiger partial charge in [-0.05, 0) is 40.4 Å². The lowest BCUT2D eigenvalue weighted by atomic mass is 10.1. The summed E-state index contributed by atoms with van der Waals surface area (Å²) in [4.78, 5) is 0. The van der Waals surface area contributed by atoms with Crippen molar-refractivity contribution < 1.29 is 17.7 Å². The van der Waals surface area contributed by atoms with Gasteiger partial charge in [-0.2, -0.15) is 0 Å². The van der Waals surface area contributed by atoms with Gasteiger partial charge in [0.2, 0.25) is 0 Å². The number of halogens is 1. The lowest BCUT2D eigenvalue weighted by Gasteiger charge is -2.10. The van der Waals surface area contributed by atoms with Crippen LogP contribution in [-0.4, -0.2) is 20.7 Å². The standard InChI is InChI=1S/C15H13BrN2O4S2/c1-9-13(16)14(22-17-9)18-24(19,20)15-11(7-8-23-15)10-5-3-4-6-12(10)21-2/h3-8,18H,1-2H3. The maximum absolute atomic E-state index is 12.8. The minimum Gasteiger partial charge on any atom is -0.496 e. The Balaban J connectivity index is 2.05. The minimum atomic E-state index is -3.83. The maximum atomic E-state index is 12.8. The van der Waals surface area contributed by atoms with Crippen molar-refractivity contribution >= 4 is 43.2 Å². The van der Waals surface area contributed by atoms with Gasteiger partial charge in [-0.1, -0.05) is 23.4 Å². The Labute approximate surface area is 151 Å². The molecule has 1 aromatic carbocycles. The smallest absolute Gasteiger partial charge is 0.274 e. The molecule has 0 saturated heterocycles. The van der Waals surface area contributed by atoms with E-state index in [-0.39, 0.29) is 10.1 Å². The van der Waals surface area contributed by atoms with Crippen molar-refractivity contribution in [3.63, 3.8) is 0 Å². The Morgan fingerprint density at radius 2 is 2.00 bits per heavy atom. The van der Waals surface area contributed by atoms with Crippen LogP contribution in [0, 0.1) is 6.92 Å². The Morgan fingerprint density at radius 1 is 1.25 bits per heavy atom. The fourth-order valence-electron chi connectivity index (χ4n) is 2.16. The SMILES string of the molecule is COc1ccccc1-c1ccsc1S(=O)(=O)Nc1onc(C)c1Br. The predicted octanol–water partition coefficient (Wildman–Crippen LogP) is 4.28. The van der Waals surface area contributed by atoms with Crippen LogP contribution in [0.3, 0.4) is 0 Å². The number of thiophene rings is 1. The first-order chi connectivity index (χ1) is 11.4. The van der Waals surface area contributed by atoms with Crippen molar-refractivity contribution in [1.29, 1.82) is 0 Å². The molecule has 0 radical (unpaired) electrons. The van der Waals surface area contributed by atoms with Crippen molar-refractivity contribution in [2.75, 3.05) is 11.8 Å². The molecule has 6 nitrogen and oxygen atoms in total. The fraction of sp³-hybridized carbons (Fsp3) is 0.133. The summed E-state index contributed by atoms with van der Waals surface area (Å²) in [7, 11) is -2.29. The number of aryl methyl sites for hydroxylation is 1. The van der Waals surface area contributed by atoms with E-state index in [0.717, 1.165) is 11.3 Å². The molecule has 0 saturated carbocycles. The molecule has 0 atom stereocenters. The molecule has 9 heteroatoms. The van der Waals surface area contributed by atoms with Gasteiger partial charge >= 0.3 is 0 Å². The van der Waals surface area contributed by atoms with E-state index in [1.165, 1.54) is 0 Å². The molecule has 1 N–H and O–H groups in total. The van der Waals surface area contributed by atoms with Crippen LogP contribution in [0.2, 0.25) is 0 Å². The Kier molecular flexibility index (Phi) is 4.66. The van der Waals surface area contributed by atoms with Gasteiger partial charge in [0, 0.05) is 11.1 Å². The first kappa shape index (κ1) is 17.0. The number of anilines is 1. The average Bonchev–Trinajstić information content (AvgIpc) is 3.18. The number of aromatic nitrogens is 1. The summed E-state index contributed by atoms with van der Waals surface area (Å²) in [6, 6.07) is 9.00. The molecule has 3 rings (SSSR count). The molecular formula is C15H13BrN2O4S2. The average molecular weight is 429 g/mol. The highest BCUT2D eigenvalue weighted by Crippen LogP contribution is 2.38. The number of para-hydroxylation sites is 1. The Morgan fingerprint density at radius 3 is 2.67 bits per heavy atom. The topological polar surface area (TPSA) is 81.4 Å². The first-order valence-corrected chi connectivity index (χ1v) is 9.95. The van der Waals surface area contributed by atoms with Crippen LogP contribution < -0.4 is 9.46 Å². The van der Waals surface area contributed by atoms with E-state index in [9.17, 15) is 8.42 Å². The molecule has 24 heavy (non-hydrogen) atoms. The Bertz CT molecular complexity index is 979. The van der Waals surface area contributed by atoms with Crippen LogP contribution in [-0.2, 0) is 10.0 Å². The Hall–Kier alpha value is -1.84. The number of hydrogen-bond acceptors (Lipinski definition) is 6. The molecule has 126 valence electrons. The fourth-order valence-corrected chi connectivity index (χ4v) is 4.91. The molecule has 0 unspecified atom stereocenters. The van der Waals surface area contributed by atoms with Gasteiger partial charge in [-0.15, -0.1) is 11.3 Å². The molecule has 0 aliphatic carbocycles. The van der Waals surface area contributed by atoms with E-state index in [1.54, 1.807) is 31.5 Å². The van der Waals surface area contributed by atoms with E-state index in [1.807, 2.05) is 18.2 Å². The molecular weight excluding hydrogens is 416 g/mol. The van der Waals surface area contributed by atoms with Crippen LogP contribution in [0.25, 0.3) is 11.1 Å². The normalized spacial score (nSPS) is 11.5. The van der Waals surface area contributed by atoms with Gasteiger partial charge < -0.3 is 9.26 Å². The van der Waals surface area contributed by atoms with E-state index in [0.29, 0.717) is 27.0 Å². The summed E-state index contributed by atoms with van der Waals surface area (Å²) < 4.78 is 38.9. The van der Waals surface area contributed by atoms with E-state index < -0.39 is 10.0 Å². The maximum Gasteiger partial charge on any atom is 0.274 e. The third-order valence-corrected chi connectivity index (χ3v) is 7.04. The second-order valence-electron chi connectivity index (χ2n) is 4.84. The zero-order valence-corrected chi connectivity index (χ0v) is 16.0. The summed E-state index contributed by atoms with van der Waals surface area (Å²) in [5.41, 5.74) is 1.83. The number of sulfonamides is 1. The number of ether oxygens (including phenoxy) is 1. The monoisotopic (exact) mass is 428 g/mol. The van der Waals surface area contributed by atoms with Gasteiger partial charge in [0.25, 0.3) is 15.9 Å². The molecule has 0 aliphatic heterocycles. The van der Waals surface area contributed by atoms with E-state index in [2.05, 4.69) is 25.8 Å². The summed E-state index contributed by atoms with van der Waals surface area (Å²) >= 11 is 4.37. The quantitative estimate of drug-likeness (QED) is 0.655. The number of methoxy groups -OCH3 is 1. The molecule has 2 aromatic heterocycles. The number of nitrogens with one attached hydrogen (secondary N) is 1. The van der Waals surface area contributed by atoms with Crippen LogP contribution in [0.4, 0.5) is 5.88 Å². The number of rotatable bonds is 5. The van der Waals surface area contributed by atoms with Crippen molar-refractivity contribution in [3.05, 3.63) is 45.9 Å². The zero-order chi connectivity index (χ0) is 17.3. The summed E-state index contributed by atoms with van der Waals surface area (Å²) in [5, 5.41) is 5.44. The van der Waals surface area contributed by atoms with Gasteiger partial charge in [-0.3, -0.25) is 0 Å². The zero-order valence-electron chi connectivity index (χ0n) is 12.7. The summed E-state index contributed by atoms with van der Waals surface area (Å²) in [5.74, 6) is 0.649. The van der Waals surface area contributed by atoms with Crippen LogP contribution >= 0.6 is 27.3 Å². The third kappa shape index (κ3) is 3.06.